The zero-order valence-corrected chi connectivity index (χ0v) is 18.4. The highest BCUT2D eigenvalue weighted by atomic mass is 35.5. The van der Waals surface area contributed by atoms with Gasteiger partial charge in [0.1, 0.15) is 5.75 Å². The van der Waals surface area contributed by atoms with Crippen LogP contribution in [-0.4, -0.2) is 55.4 Å². The van der Waals surface area contributed by atoms with Gasteiger partial charge in [-0.3, -0.25) is 0 Å². The minimum atomic E-state index is -4.65. The number of para-hydroxylation sites is 1. The molecule has 0 N–H and O–H groups in total. The Morgan fingerprint density at radius 1 is 0.733 bits per heavy atom. The number of halogens is 5. The SMILES string of the molecule is Cl.Cl.FC(F)(F)Oc1ccccc1CCN1CCN(CCCc2ccccc2)CC1. The molecule has 1 aliphatic rings. The molecule has 30 heavy (non-hydrogen) atoms. The molecule has 0 aromatic heterocycles. The third kappa shape index (κ3) is 9.13. The zero-order valence-electron chi connectivity index (χ0n) is 16.8. The van der Waals surface area contributed by atoms with Crippen LogP contribution in [0.25, 0.3) is 0 Å². The van der Waals surface area contributed by atoms with E-state index in [2.05, 4.69) is 38.8 Å². The topological polar surface area (TPSA) is 15.7 Å². The Bertz CT molecular complexity index is 724. The number of nitrogens with zero attached hydrogens (tertiary/aromatic N) is 2. The fourth-order valence-corrected chi connectivity index (χ4v) is 3.60. The summed E-state index contributed by atoms with van der Waals surface area (Å²) in [5, 5.41) is 0. The Balaban J connectivity index is 0.00000225. The van der Waals surface area contributed by atoms with Crippen LogP contribution in [0.1, 0.15) is 17.5 Å². The van der Waals surface area contributed by atoms with Crippen LogP contribution < -0.4 is 4.74 Å². The van der Waals surface area contributed by atoms with Crippen molar-refractivity contribution in [1.82, 2.24) is 9.80 Å². The maximum atomic E-state index is 12.5. The van der Waals surface area contributed by atoms with Gasteiger partial charge in [-0.25, -0.2) is 0 Å². The van der Waals surface area contributed by atoms with E-state index >= 15 is 0 Å². The van der Waals surface area contributed by atoms with E-state index in [4.69, 9.17) is 0 Å². The summed E-state index contributed by atoms with van der Waals surface area (Å²) in [5.41, 5.74) is 1.98. The molecule has 168 valence electrons. The quantitative estimate of drug-likeness (QED) is 0.532. The zero-order chi connectivity index (χ0) is 19.8. The monoisotopic (exact) mass is 464 g/mol. The largest absolute Gasteiger partial charge is 0.573 e. The highest BCUT2D eigenvalue weighted by Gasteiger charge is 2.32. The van der Waals surface area contributed by atoms with Gasteiger partial charge >= 0.3 is 6.36 Å². The Morgan fingerprint density at radius 3 is 1.93 bits per heavy atom. The van der Waals surface area contributed by atoms with Gasteiger partial charge in [-0.05, 0) is 43.0 Å². The summed E-state index contributed by atoms with van der Waals surface area (Å²) in [7, 11) is 0. The van der Waals surface area contributed by atoms with Crippen molar-refractivity contribution in [3.05, 3.63) is 65.7 Å². The summed E-state index contributed by atoms with van der Waals surface area (Å²) in [5.74, 6) is -0.0884. The van der Waals surface area contributed by atoms with Crippen LogP contribution in [0.2, 0.25) is 0 Å². The molecule has 0 spiro atoms. The summed E-state index contributed by atoms with van der Waals surface area (Å²) >= 11 is 0. The molecule has 1 heterocycles. The van der Waals surface area contributed by atoms with Crippen molar-refractivity contribution in [3.63, 3.8) is 0 Å². The van der Waals surface area contributed by atoms with E-state index in [-0.39, 0.29) is 30.6 Å². The molecule has 1 aliphatic heterocycles. The summed E-state index contributed by atoms with van der Waals surface area (Å²) in [4.78, 5) is 4.79. The predicted molar refractivity (Wildman–Crippen MR) is 119 cm³/mol. The van der Waals surface area contributed by atoms with Crippen molar-refractivity contribution >= 4 is 24.8 Å². The molecule has 1 fully saturated rings. The average molecular weight is 465 g/mol. The number of ether oxygens (including phenoxy) is 1. The van der Waals surface area contributed by atoms with Crippen LogP contribution >= 0.6 is 24.8 Å². The van der Waals surface area contributed by atoms with E-state index in [1.165, 1.54) is 11.6 Å². The lowest BCUT2D eigenvalue weighted by molar-refractivity contribution is -0.274. The molecule has 0 atom stereocenters. The summed E-state index contributed by atoms with van der Waals surface area (Å²) in [6.45, 7) is 5.76. The number of piperazine rings is 1. The van der Waals surface area contributed by atoms with Gasteiger partial charge in [0.05, 0.1) is 0 Å². The third-order valence-corrected chi connectivity index (χ3v) is 5.14. The second-order valence-corrected chi connectivity index (χ2v) is 7.18. The highest BCUT2D eigenvalue weighted by Crippen LogP contribution is 2.26. The number of hydrogen-bond acceptors (Lipinski definition) is 3. The first-order valence-corrected chi connectivity index (χ1v) is 9.82. The number of hydrogen-bond donors (Lipinski definition) is 0. The lowest BCUT2D eigenvalue weighted by Gasteiger charge is -2.34. The van der Waals surface area contributed by atoms with Gasteiger partial charge in [-0.2, -0.15) is 0 Å². The van der Waals surface area contributed by atoms with Crippen molar-refractivity contribution < 1.29 is 17.9 Å². The minimum Gasteiger partial charge on any atom is -0.406 e. The molecule has 0 unspecified atom stereocenters. The van der Waals surface area contributed by atoms with Crippen molar-refractivity contribution in [3.8, 4) is 5.75 Å². The maximum Gasteiger partial charge on any atom is 0.573 e. The van der Waals surface area contributed by atoms with Crippen molar-refractivity contribution in [2.24, 2.45) is 0 Å². The van der Waals surface area contributed by atoms with Crippen LogP contribution in [0.3, 0.4) is 0 Å². The average Bonchev–Trinajstić information content (AvgIpc) is 2.68. The van der Waals surface area contributed by atoms with E-state index in [9.17, 15) is 13.2 Å². The second-order valence-electron chi connectivity index (χ2n) is 7.18. The maximum absolute atomic E-state index is 12.5. The molecule has 1 saturated heterocycles. The third-order valence-electron chi connectivity index (χ3n) is 5.14. The summed E-state index contributed by atoms with van der Waals surface area (Å²) < 4.78 is 41.7. The Kier molecular flexibility index (Phi) is 11.6. The van der Waals surface area contributed by atoms with Crippen LogP contribution in [0.5, 0.6) is 5.75 Å². The first-order valence-electron chi connectivity index (χ1n) is 9.82. The van der Waals surface area contributed by atoms with Gasteiger partial charge in [0.15, 0.2) is 0 Å². The van der Waals surface area contributed by atoms with E-state index in [0.717, 1.165) is 52.1 Å². The molecule has 0 radical (unpaired) electrons. The lowest BCUT2D eigenvalue weighted by Crippen LogP contribution is -2.47. The van der Waals surface area contributed by atoms with Gasteiger partial charge < -0.3 is 14.5 Å². The standard InChI is InChI=1S/C22H27F3N2O.2ClH/c23-22(24,25)28-21-11-5-4-10-20(21)12-14-27-17-15-26(16-18-27)13-6-9-19-7-2-1-3-8-19;;/h1-5,7-8,10-11H,6,9,12-18H2;2*1H. The smallest absolute Gasteiger partial charge is 0.406 e. The molecule has 2 aromatic carbocycles. The lowest BCUT2D eigenvalue weighted by atomic mass is 10.1. The van der Waals surface area contributed by atoms with Crippen molar-refractivity contribution in [1.29, 1.82) is 0 Å². The van der Waals surface area contributed by atoms with Gasteiger partial charge in [0, 0.05) is 32.7 Å². The van der Waals surface area contributed by atoms with Gasteiger partial charge in [0.25, 0.3) is 0 Å². The molecule has 0 bridgehead atoms. The van der Waals surface area contributed by atoms with E-state index in [1.54, 1.807) is 18.2 Å². The summed E-state index contributed by atoms with van der Waals surface area (Å²) in [6.07, 6.45) is -1.86. The molecule has 0 saturated carbocycles. The van der Waals surface area contributed by atoms with E-state index < -0.39 is 6.36 Å². The number of benzene rings is 2. The normalized spacial score (nSPS) is 15.2. The fraction of sp³-hybridized carbons (Fsp3) is 0.455. The number of rotatable bonds is 8. The van der Waals surface area contributed by atoms with Crippen molar-refractivity contribution in [2.75, 3.05) is 39.3 Å². The van der Waals surface area contributed by atoms with Crippen LogP contribution in [-0.2, 0) is 12.8 Å². The summed E-state index contributed by atoms with van der Waals surface area (Å²) in [6, 6.07) is 16.9. The molecule has 2 aromatic rings. The van der Waals surface area contributed by atoms with Crippen molar-refractivity contribution in [2.45, 2.75) is 25.6 Å². The van der Waals surface area contributed by atoms with E-state index in [1.807, 2.05) is 6.07 Å². The fourth-order valence-electron chi connectivity index (χ4n) is 3.60. The molecular formula is C22H29Cl2F3N2O. The number of alkyl halides is 3. The molecule has 0 amide bonds. The Morgan fingerprint density at radius 2 is 1.30 bits per heavy atom. The van der Waals surface area contributed by atoms with Gasteiger partial charge in [-0.1, -0.05) is 48.5 Å². The molecule has 0 aliphatic carbocycles. The van der Waals surface area contributed by atoms with Crippen LogP contribution in [0.4, 0.5) is 13.2 Å². The van der Waals surface area contributed by atoms with Gasteiger partial charge in [-0.15, -0.1) is 38.0 Å². The molecule has 3 nitrogen and oxygen atoms in total. The first-order chi connectivity index (χ1) is 13.5. The predicted octanol–water partition coefficient (Wildman–Crippen LogP) is 5.22. The number of aryl methyl sites for hydroxylation is 1. The van der Waals surface area contributed by atoms with Crippen LogP contribution in [0, 0.1) is 0 Å². The van der Waals surface area contributed by atoms with E-state index in [0.29, 0.717) is 12.0 Å². The Hall–Kier alpha value is -1.47. The first kappa shape index (κ1) is 26.6. The minimum absolute atomic E-state index is 0. The Labute approximate surface area is 189 Å². The molecule has 8 heteroatoms. The molecular weight excluding hydrogens is 436 g/mol. The molecule has 3 rings (SSSR count). The van der Waals surface area contributed by atoms with Gasteiger partial charge in [0.2, 0.25) is 0 Å². The second kappa shape index (κ2) is 13.1. The van der Waals surface area contributed by atoms with Crippen LogP contribution in [0.15, 0.2) is 54.6 Å². The highest BCUT2D eigenvalue weighted by molar-refractivity contribution is 5.85.